The largest absolute Gasteiger partial charge is 0.478 e. The molecular formula is C10H16O5. The zero-order chi connectivity index (χ0) is 12.4. The van der Waals surface area contributed by atoms with Gasteiger partial charge in [0.05, 0.1) is 0 Å². The first-order valence-corrected chi connectivity index (χ1v) is 4.25. The van der Waals surface area contributed by atoms with Crippen LogP contribution >= 0.6 is 0 Å². The van der Waals surface area contributed by atoms with Crippen molar-refractivity contribution in [3.8, 4) is 0 Å². The standard InChI is InChI=1S/C7H12O3.C3H4O2/c1-4-6(8)10-7(9)5(2)3;1-2-3(4)5/h6,8H,2,4H2,1,3H3;2H,1H2,(H,4,5). The maximum atomic E-state index is 10.6. The van der Waals surface area contributed by atoms with Crippen molar-refractivity contribution in [2.45, 2.75) is 26.6 Å². The van der Waals surface area contributed by atoms with E-state index in [-0.39, 0.29) is 0 Å². The van der Waals surface area contributed by atoms with Crippen molar-refractivity contribution in [2.24, 2.45) is 0 Å². The van der Waals surface area contributed by atoms with Crippen molar-refractivity contribution in [3.05, 3.63) is 24.8 Å². The summed E-state index contributed by atoms with van der Waals surface area (Å²) in [7, 11) is 0. The molecule has 0 heterocycles. The van der Waals surface area contributed by atoms with E-state index in [2.05, 4.69) is 17.9 Å². The van der Waals surface area contributed by atoms with Gasteiger partial charge in [-0.15, -0.1) is 0 Å². The number of aliphatic carboxylic acids is 1. The number of aliphatic hydroxyl groups is 1. The van der Waals surface area contributed by atoms with Crippen LogP contribution in [0.3, 0.4) is 0 Å². The summed E-state index contributed by atoms with van der Waals surface area (Å²) >= 11 is 0. The van der Waals surface area contributed by atoms with Crippen LogP contribution in [0.4, 0.5) is 0 Å². The Morgan fingerprint density at radius 1 is 1.53 bits per heavy atom. The van der Waals surface area contributed by atoms with Crippen LogP contribution in [0.1, 0.15) is 20.3 Å². The molecule has 0 aromatic carbocycles. The molecule has 2 N–H and O–H groups in total. The zero-order valence-corrected chi connectivity index (χ0v) is 8.90. The Morgan fingerprint density at radius 3 is 2.13 bits per heavy atom. The number of esters is 1. The van der Waals surface area contributed by atoms with E-state index in [0.29, 0.717) is 12.0 Å². The summed E-state index contributed by atoms with van der Waals surface area (Å²) in [6.07, 6.45) is 0.239. The molecule has 0 spiro atoms. The van der Waals surface area contributed by atoms with Gasteiger partial charge in [-0.05, 0) is 6.92 Å². The van der Waals surface area contributed by atoms with Gasteiger partial charge in [0.15, 0.2) is 0 Å². The number of ether oxygens (including phenoxy) is 1. The minimum Gasteiger partial charge on any atom is -0.478 e. The Hall–Kier alpha value is -1.62. The minimum atomic E-state index is -0.996. The monoisotopic (exact) mass is 216 g/mol. The first-order chi connectivity index (χ1) is 6.84. The van der Waals surface area contributed by atoms with Gasteiger partial charge in [0.2, 0.25) is 6.29 Å². The van der Waals surface area contributed by atoms with E-state index in [1.165, 1.54) is 6.92 Å². The molecule has 0 saturated carbocycles. The van der Waals surface area contributed by atoms with Gasteiger partial charge in [-0.25, -0.2) is 9.59 Å². The molecule has 0 rings (SSSR count). The molecule has 1 atom stereocenters. The lowest BCUT2D eigenvalue weighted by atomic mass is 10.3. The predicted octanol–water partition coefficient (Wildman–Crippen LogP) is 1.09. The van der Waals surface area contributed by atoms with E-state index in [0.717, 1.165) is 6.08 Å². The molecule has 15 heavy (non-hydrogen) atoms. The summed E-state index contributed by atoms with van der Waals surface area (Å²) in [5, 5.41) is 16.4. The molecule has 0 aliphatic carbocycles. The number of aliphatic hydroxyl groups excluding tert-OH is 1. The quantitative estimate of drug-likeness (QED) is 0.417. The second kappa shape index (κ2) is 8.96. The highest BCUT2D eigenvalue weighted by Gasteiger charge is 2.07. The average Bonchev–Trinajstić information content (AvgIpc) is 2.18. The Labute approximate surface area is 88.7 Å². The molecule has 1 unspecified atom stereocenters. The van der Waals surface area contributed by atoms with Gasteiger partial charge in [-0.1, -0.05) is 20.1 Å². The lowest BCUT2D eigenvalue weighted by Crippen LogP contribution is -2.16. The van der Waals surface area contributed by atoms with E-state index in [1.807, 2.05) is 0 Å². The lowest BCUT2D eigenvalue weighted by molar-refractivity contribution is -0.163. The fraction of sp³-hybridized carbons (Fsp3) is 0.400. The third kappa shape index (κ3) is 12.4. The number of rotatable bonds is 4. The van der Waals surface area contributed by atoms with Gasteiger partial charge >= 0.3 is 11.9 Å². The SMILES string of the molecule is C=C(C)C(=O)OC(O)CC.C=CC(=O)O. The molecule has 86 valence electrons. The Morgan fingerprint density at radius 2 is 1.93 bits per heavy atom. The molecule has 0 fully saturated rings. The summed E-state index contributed by atoms with van der Waals surface area (Å²) in [5.74, 6) is -1.53. The number of hydrogen-bond donors (Lipinski definition) is 2. The molecule has 0 bridgehead atoms. The van der Waals surface area contributed by atoms with Gasteiger partial charge in [-0.3, -0.25) is 0 Å². The van der Waals surface area contributed by atoms with Crippen molar-refractivity contribution >= 4 is 11.9 Å². The fourth-order valence-corrected chi connectivity index (χ4v) is 0.307. The maximum Gasteiger partial charge on any atom is 0.335 e. The van der Waals surface area contributed by atoms with Gasteiger partial charge in [0.1, 0.15) is 0 Å². The minimum absolute atomic E-state index is 0.299. The van der Waals surface area contributed by atoms with Crippen LogP contribution in [0.15, 0.2) is 24.8 Å². The van der Waals surface area contributed by atoms with Crippen LogP contribution in [-0.4, -0.2) is 28.4 Å². The third-order valence-corrected chi connectivity index (χ3v) is 1.12. The van der Waals surface area contributed by atoms with Gasteiger partial charge in [0, 0.05) is 18.1 Å². The van der Waals surface area contributed by atoms with Crippen molar-refractivity contribution in [1.82, 2.24) is 0 Å². The Kier molecular flexibility index (Phi) is 9.45. The van der Waals surface area contributed by atoms with Crippen molar-refractivity contribution in [2.75, 3.05) is 0 Å². The van der Waals surface area contributed by atoms with Crippen LogP contribution in [0.25, 0.3) is 0 Å². The number of carbonyl (C=O) groups excluding carboxylic acids is 1. The van der Waals surface area contributed by atoms with Crippen LogP contribution < -0.4 is 0 Å². The zero-order valence-electron chi connectivity index (χ0n) is 8.90. The average molecular weight is 216 g/mol. The second-order valence-corrected chi connectivity index (χ2v) is 2.59. The van der Waals surface area contributed by atoms with Crippen LogP contribution in [0.2, 0.25) is 0 Å². The summed E-state index contributed by atoms with van der Waals surface area (Å²) in [6, 6.07) is 0. The molecule has 0 radical (unpaired) electrons. The van der Waals surface area contributed by atoms with Crippen molar-refractivity contribution < 1.29 is 24.5 Å². The molecule has 0 aliphatic rings. The molecule has 5 heteroatoms. The van der Waals surface area contributed by atoms with Crippen molar-refractivity contribution in [3.63, 3.8) is 0 Å². The number of carbonyl (C=O) groups is 2. The Bertz CT molecular complexity index is 244. The van der Waals surface area contributed by atoms with E-state index >= 15 is 0 Å². The molecule has 0 amide bonds. The summed E-state index contributed by atoms with van der Waals surface area (Å²) in [4.78, 5) is 19.9. The number of hydrogen-bond acceptors (Lipinski definition) is 4. The molecule has 0 aromatic heterocycles. The van der Waals surface area contributed by atoms with Crippen LogP contribution in [0, 0.1) is 0 Å². The van der Waals surface area contributed by atoms with Gasteiger partial charge in [-0.2, -0.15) is 0 Å². The molecule has 0 saturated heterocycles. The van der Waals surface area contributed by atoms with E-state index in [1.54, 1.807) is 6.92 Å². The smallest absolute Gasteiger partial charge is 0.335 e. The van der Waals surface area contributed by atoms with E-state index < -0.39 is 18.2 Å². The number of carboxylic acids is 1. The highest BCUT2D eigenvalue weighted by Crippen LogP contribution is 1.98. The first kappa shape index (κ1) is 15.8. The van der Waals surface area contributed by atoms with Crippen LogP contribution in [-0.2, 0) is 14.3 Å². The first-order valence-electron chi connectivity index (χ1n) is 4.25. The fourth-order valence-electron chi connectivity index (χ4n) is 0.307. The highest BCUT2D eigenvalue weighted by atomic mass is 16.6. The van der Waals surface area contributed by atoms with Crippen LogP contribution in [0.5, 0.6) is 0 Å². The summed E-state index contributed by atoms with van der Waals surface area (Å²) in [6.45, 7) is 9.57. The van der Waals surface area contributed by atoms with Gasteiger partial charge < -0.3 is 14.9 Å². The molecular weight excluding hydrogens is 200 g/mol. The summed E-state index contributed by atoms with van der Waals surface area (Å²) < 4.78 is 4.48. The van der Waals surface area contributed by atoms with E-state index in [4.69, 9.17) is 10.2 Å². The van der Waals surface area contributed by atoms with Crippen molar-refractivity contribution in [1.29, 1.82) is 0 Å². The van der Waals surface area contributed by atoms with Gasteiger partial charge in [0.25, 0.3) is 0 Å². The number of carboxylic acid groups (broad SMARTS) is 1. The lowest BCUT2D eigenvalue weighted by Gasteiger charge is -2.08. The highest BCUT2D eigenvalue weighted by molar-refractivity contribution is 5.86. The maximum absolute atomic E-state index is 10.6. The molecule has 5 nitrogen and oxygen atoms in total. The van der Waals surface area contributed by atoms with E-state index in [9.17, 15) is 9.59 Å². The predicted molar refractivity (Wildman–Crippen MR) is 55.0 cm³/mol. The summed E-state index contributed by atoms with van der Waals surface area (Å²) in [5.41, 5.74) is 0.299. The molecule has 0 aliphatic heterocycles. The Balaban J connectivity index is 0. The normalized spacial score (nSPS) is 10.3. The molecule has 0 aromatic rings. The topological polar surface area (TPSA) is 83.8 Å². The third-order valence-electron chi connectivity index (χ3n) is 1.12. The second-order valence-electron chi connectivity index (χ2n) is 2.59.